The second-order valence-electron chi connectivity index (χ2n) is 5.22. The minimum atomic E-state index is -0.229. The molecular formula is C16H30O4. The van der Waals surface area contributed by atoms with Crippen LogP contribution in [0.25, 0.3) is 0 Å². The Bertz CT molecular complexity index is 263. The lowest BCUT2D eigenvalue weighted by Gasteiger charge is -2.13. The highest BCUT2D eigenvalue weighted by molar-refractivity contribution is 5.72. The first-order valence-electron chi connectivity index (χ1n) is 7.95. The predicted molar refractivity (Wildman–Crippen MR) is 79.4 cm³/mol. The molecule has 0 heterocycles. The van der Waals surface area contributed by atoms with Crippen LogP contribution >= 0.6 is 0 Å². The maximum Gasteiger partial charge on any atom is 0.306 e. The van der Waals surface area contributed by atoms with Crippen LogP contribution in [0, 0.1) is 0 Å². The zero-order chi connectivity index (χ0) is 15.2. The molecule has 0 saturated heterocycles. The summed E-state index contributed by atoms with van der Waals surface area (Å²) in [7, 11) is 0. The topological polar surface area (TPSA) is 52.6 Å². The van der Waals surface area contributed by atoms with Crippen molar-refractivity contribution in [2.75, 3.05) is 6.61 Å². The summed E-state index contributed by atoms with van der Waals surface area (Å²) >= 11 is 0. The van der Waals surface area contributed by atoms with Crippen LogP contribution in [-0.2, 0) is 19.1 Å². The molecule has 1 unspecified atom stereocenters. The van der Waals surface area contributed by atoms with Crippen molar-refractivity contribution >= 4 is 11.9 Å². The number of unbranched alkanes of at least 4 members (excludes halogenated alkanes) is 3. The van der Waals surface area contributed by atoms with Crippen LogP contribution in [0.1, 0.15) is 78.6 Å². The van der Waals surface area contributed by atoms with Gasteiger partial charge in [-0.3, -0.25) is 9.59 Å². The molecule has 0 aromatic rings. The molecule has 0 rings (SSSR count). The van der Waals surface area contributed by atoms with Gasteiger partial charge in [-0.2, -0.15) is 0 Å². The van der Waals surface area contributed by atoms with E-state index in [0.29, 0.717) is 25.9 Å². The van der Waals surface area contributed by atoms with Crippen molar-refractivity contribution in [3.8, 4) is 0 Å². The molecule has 1 atom stereocenters. The Morgan fingerprint density at radius 1 is 0.900 bits per heavy atom. The number of carbonyl (C=O) groups is 2. The van der Waals surface area contributed by atoms with Crippen LogP contribution in [0.4, 0.5) is 0 Å². The largest absolute Gasteiger partial charge is 0.466 e. The van der Waals surface area contributed by atoms with Crippen molar-refractivity contribution in [3.63, 3.8) is 0 Å². The van der Waals surface area contributed by atoms with E-state index in [1.807, 2.05) is 13.8 Å². The van der Waals surface area contributed by atoms with E-state index in [0.717, 1.165) is 19.3 Å². The van der Waals surface area contributed by atoms with E-state index in [9.17, 15) is 9.59 Å². The van der Waals surface area contributed by atoms with Gasteiger partial charge in [0, 0.05) is 12.8 Å². The Labute approximate surface area is 123 Å². The van der Waals surface area contributed by atoms with E-state index in [1.165, 1.54) is 19.3 Å². The second kappa shape index (κ2) is 12.9. The van der Waals surface area contributed by atoms with Crippen molar-refractivity contribution in [1.29, 1.82) is 0 Å². The normalized spacial score (nSPS) is 11.9. The molecule has 0 aliphatic rings. The van der Waals surface area contributed by atoms with Crippen LogP contribution in [0.5, 0.6) is 0 Å². The fraction of sp³-hybridized carbons (Fsp3) is 0.875. The van der Waals surface area contributed by atoms with Gasteiger partial charge in [0.2, 0.25) is 0 Å². The molecular weight excluding hydrogens is 256 g/mol. The Kier molecular flexibility index (Phi) is 12.3. The summed E-state index contributed by atoms with van der Waals surface area (Å²) in [5.74, 6) is -0.441. The highest BCUT2D eigenvalue weighted by Gasteiger charge is 2.10. The molecule has 0 saturated carbocycles. The molecule has 20 heavy (non-hydrogen) atoms. The van der Waals surface area contributed by atoms with Crippen LogP contribution in [0.3, 0.4) is 0 Å². The SMILES string of the molecule is CCCCCCC(C)OC(=O)CCCC(=O)OCCC. The van der Waals surface area contributed by atoms with Gasteiger partial charge in [-0.15, -0.1) is 0 Å². The van der Waals surface area contributed by atoms with Crippen LogP contribution < -0.4 is 0 Å². The highest BCUT2D eigenvalue weighted by Crippen LogP contribution is 2.09. The molecule has 0 aromatic heterocycles. The summed E-state index contributed by atoms with van der Waals surface area (Å²) in [5.41, 5.74) is 0. The fourth-order valence-electron chi connectivity index (χ4n) is 1.87. The molecule has 0 spiro atoms. The van der Waals surface area contributed by atoms with Gasteiger partial charge in [0.1, 0.15) is 0 Å². The first-order chi connectivity index (χ1) is 9.60. The van der Waals surface area contributed by atoms with Gasteiger partial charge in [0.05, 0.1) is 12.7 Å². The van der Waals surface area contributed by atoms with E-state index >= 15 is 0 Å². The van der Waals surface area contributed by atoms with Gasteiger partial charge in [0.25, 0.3) is 0 Å². The average molecular weight is 286 g/mol. The summed E-state index contributed by atoms with van der Waals surface area (Å²) in [4.78, 5) is 22.8. The molecule has 0 aromatic carbocycles. The van der Waals surface area contributed by atoms with Gasteiger partial charge in [-0.1, -0.05) is 33.1 Å². The molecule has 118 valence electrons. The second-order valence-corrected chi connectivity index (χ2v) is 5.22. The maximum atomic E-state index is 11.6. The number of rotatable bonds is 12. The molecule has 0 amide bonds. The third kappa shape index (κ3) is 12.0. The third-order valence-electron chi connectivity index (χ3n) is 3.03. The molecule has 0 radical (unpaired) electrons. The molecule has 0 aliphatic heterocycles. The van der Waals surface area contributed by atoms with Crippen molar-refractivity contribution in [3.05, 3.63) is 0 Å². The Morgan fingerprint density at radius 3 is 2.25 bits per heavy atom. The van der Waals surface area contributed by atoms with Crippen LogP contribution in [0.2, 0.25) is 0 Å². The minimum absolute atomic E-state index is 0.0219. The summed E-state index contributed by atoms with van der Waals surface area (Å²) in [6, 6.07) is 0. The lowest BCUT2D eigenvalue weighted by molar-refractivity contribution is -0.149. The first kappa shape index (κ1) is 18.9. The zero-order valence-electron chi connectivity index (χ0n) is 13.3. The smallest absolute Gasteiger partial charge is 0.306 e. The van der Waals surface area contributed by atoms with Gasteiger partial charge in [-0.25, -0.2) is 0 Å². The molecule has 0 aliphatic carbocycles. The number of hydrogen-bond donors (Lipinski definition) is 0. The standard InChI is InChI=1S/C16H30O4/c1-4-6-7-8-10-14(3)20-16(18)12-9-11-15(17)19-13-5-2/h14H,4-13H2,1-3H3. The van der Waals surface area contributed by atoms with E-state index in [2.05, 4.69) is 6.92 Å². The number of esters is 2. The van der Waals surface area contributed by atoms with E-state index in [4.69, 9.17) is 9.47 Å². The van der Waals surface area contributed by atoms with Crippen molar-refractivity contribution < 1.29 is 19.1 Å². The van der Waals surface area contributed by atoms with Gasteiger partial charge in [0.15, 0.2) is 0 Å². The number of hydrogen-bond acceptors (Lipinski definition) is 4. The van der Waals surface area contributed by atoms with Crippen LogP contribution in [-0.4, -0.2) is 24.6 Å². The average Bonchev–Trinajstić information content (AvgIpc) is 2.41. The van der Waals surface area contributed by atoms with Crippen molar-refractivity contribution in [1.82, 2.24) is 0 Å². The summed E-state index contributed by atoms with van der Waals surface area (Å²) in [5, 5.41) is 0. The maximum absolute atomic E-state index is 11.6. The lowest BCUT2D eigenvalue weighted by atomic mass is 10.1. The third-order valence-corrected chi connectivity index (χ3v) is 3.03. The van der Waals surface area contributed by atoms with Crippen molar-refractivity contribution in [2.24, 2.45) is 0 Å². The molecule has 4 nitrogen and oxygen atoms in total. The predicted octanol–water partition coefficient (Wildman–Crippen LogP) is 4.01. The van der Waals surface area contributed by atoms with Gasteiger partial charge in [-0.05, 0) is 32.6 Å². The Morgan fingerprint density at radius 2 is 1.60 bits per heavy atom. The first-order valence-corrected chi connectivity index (χ1v) is 7.95. The monoisotopic (exact) mass is 286 g/mol. The Balaban J connectivity index is 3.54. The quantitative estimate of drug-likeness (QED) is 0.402. The van der Waals surface area contributed by atoms with Gasteiger partial charge < -0.3 is 9.47 Å². The summed E-state index contributed by atoms with van der Waals surface area (Å²) < 4.78 is 10.2. The molecule has 0 fully saturated rings. The fourth-order valence-corrected chi connectivity index (χ4v) is 1.87. The summed E-state index contributed by atoms with van der Waals surface area (Å²) in [6.45, 7) is 6.51. The molecule has 4 heteroatoms. The summed E-state index contributed by atoms with van der Waals surface area (Å²) in [6.07, 6.45) is 7.56. The lowest BCUT2D eigenvalue weighted by Crippen LogP contribution is -2.15. The zero-order valence-corrected chi connectivity index (χ0v) is 13.3. The van der Waals surface area contributed by atoms with Crippen LogP contribution in [0.15, 0.2) is 0 Å². The van der Waals surface area contributed by atoms with E-state index in [1.54, 1.807) is 0 Å². The molecule has 0 N–H and O–H groups in total. The van der Waals surface area contributed by atoms with E-state index in [-0.39, 0.29) is 18.0 Å². The Hall–Kier alpha value is -1.06. The van der Waals surface area contributed by atoms with Gasteiger partial charge >= 0.3 is 11.9 Å². The highest BCUT2D eigenvalue weighted by atomic mass is 16.5. The van der Waals surface area contributed by atoms with E-state index < -0.39 is 0 Å². The molecule has 0 bridgehead atoms. The number of ether oxygens (including phenoxy) is 2. The number of carbonyl (C=O) groups excluding carboxylic acids is 2. The van der Waals surface area contributed by atoms with Crippen molar-refractivity contribution in [2.45, 2.75) is 84.7 Å². The minimum Gasteiger partial charge on any atom is -0.466 e.